The molecule has 0 spiro atoms. The Balaban J connectivity index is 2.05. The van der Waals surface area contributed by atoms with Gasteiger partial charge in [0, 0.05) is 18.7 Å². The van der Waals surface area contributed by atoms with E-state index in [1.54, 1.807) is 12.1 Å². The molecule has 0 fully saturated rings. The maximum Gasteiger partial charge on any atom is 0.148 e. The first kappa shape index (κ1) is 12.4. The molecule has 94 valence electrons. The van der Waals surface area contributed by atoms with Gasteiger partial charge in [0.05, 0.1) is 5.69 Å². The third-order valence-corrected chi connectivity index (χ3v) is 2.49. The van der Waals surface area contributed by atoms with Gasteiger partial charge in [-0.3, -0.25) is 0 Å². The summed E-state index contributed by atoms with van der Waals surface area (Å²) in [6.45, 7) is 1.66. The minimum atomic E-state index is -0.253. The molecule has 18 heavy (non-hydrogen) atoms. The van der Waals surface area contributed by atoms with Gasteiger partial charge in [0.2, 0.25) is 0 Å². The molecule has 1 aromatic heterocycles. The first-order valence-corrected chi connectivity index (χ1v) is 5.78. The second kappa shape index (κ2) is 6.07. The molecule has 0 aliphatic heterocycles. The molecule has 1 heterocycles. The van der Waals surface area contributed by atoms with Crippen molar-refractivity contribution in [2.75, 3.05) is 25.5 Å². The van der Waals surface area contributed by atoms with Crippen LogP contribution in [0.15, 0.2) is 36.4 Å². The van der Waals surface area contributed by atoms with Crippen LogP contribution in [0.25, 0.3) is 11.3 Å². The molecule has 5 heteroatoms. The van der Waals surface area contributed by atoms with Gasteiger partial charge >= 0.3 is 0 Å². The summed E-state index contributed by atoms with van der Waals surface area (Å²) in [5, 5.41) is 14.3. The van der Waals surface area contributed by atoms with Crippen LogP contribution < -0.4 is 10.6 Å². The van der Waals surface area contributed by atoms with E-state index in [0.717, 1.165) is 30.2 Å². The van der Waals surface area contributed by atoms with E-state index >= 15 is 0 Å². The maximum absolute atomic E-state index is 12.8. The molecule has 0 saturated heterocycles. The molecule has 0 radical (unpaired) electrons. The predicted octanol–water partition coefficient (Wildman–Crippen LogP) is 1.91. The second-order valence-electron chi connectivity index (χ2n) is 3.84. The zero-order valence-electron chi connectivity index (χ0n) is 10.2. The smallest absolute Gasteiger partial charge is 0.148 e. The third kappa shape index (κ3) is 3.24. The Bertz CT molecular complexity index is 481. The van der Waals surface area contributed by atoms with Gasteiger partial charge in [-0.25, -0.2) is 4.39 Å². The Hall–Kier alpha value is -2.01. The molecular formula is C13H15FN4. The highest BCUT2D eigenvalue weighted by Crippen LogP contribution is 2.17. The fourth-order valence-corrected chi connectivity index (χ4v) is 1.52. The highest BCUT2D eigenvalue weighted by molar-refractivity contribution is 5.59. The highest BCUT2D eigenvalue weighted by Gasteiger charge is 2.01. The molecule has 0 atom stereocenters. The van der Waals surface area contributed by atoms with Crippen molar-refractivity contribution in [3.05, 3.63) is 42.2 Å². The normalized spacial score (nSPS) is 10.3. The van der Waals surface area contributed by atoms with E-state index in [1.807, 2.05) is 19.2 Å². The number of aromatic nitrogens is 2. The van der Waals surface area contributed by atoms with Gasteiger partial charge in [-0.2, -0.15) is 0 Å². The van der Waals surface area contributed by atoms with Crippen molar-refractivity contribution in [1.29, 1.82) is 0 Å². The van der Waals surface area contributed by atoms with Crippen LogP contribution >= 0.6 is 0 Å². The summed E-state index contributed by atoms with van der Waals surface area (Å²) in [6.07, 6.45) is 0. The molecule has 2 aromatic rings. The molecule has 2 rings (SSSR count). The summed E-state index contributed by atoms with van der Waals surface area (Å²) in [6, 6.07) is 9.93. The van der Waals surface area contributed by atoms with Crippen LogP contribution in [0.5, 0.6) is 0 Å². The van der Waals surface area contributed by atoms with E-state index < -0.39 is 0 Å². The van der Waals surface area contributed by atoms with Crippen LogP contribution in [-0.2, 0) is 0 Å². The predicted molar refractivity (Wildman–Crippen MR) is 69.8 cm³/mol. The summed E-state index contributed by atoms with van der Waals surface area (Å²) < 4.78 is 12.8. The lowest BCUT2D eigenvalue weighted by atomic mass is 10.1. The number of nitrogens with zero attached hydrogens (tertiary/aromatic N) is 2. The molecule has 0 bridgehead atoms. The number of nitrogens with one attached hydrogen (secondary N) is 2. The fourth-order valence-electron chi connectivity index (χ4n) is 1.52. The van der Waals surface area contributed by atoms with Crippen LogP contribution in [0.1, 0.15) is 0 Å². The summed E-state index contributed by atoms with van der Waals surface area (Å²) in [5.41, 5.74) is 1.58. The molecule has 4 nitrogen and oxygen atoms in total. The number of halogens is 1. The van der Waals surface area contributed by atoms with Gasteiger partial charge in [-0.05, 0) is 43.4 Å². The van der Waals surface area contributed by atoms with Crippen LogP contribution in [0.3, 0.4) is 0 Å². The van der Waals surface area contributed by atoms with Crippen molar-refractivity contribution in [3.63, 3.8) is 0 Å². The fraction of sp³-hybridized carbons (Fsp3) is 0.231. The monoisotopic (exact) mass is 246 g/mol. The minimum absolute atomic E-state index is 0.253. The van der Waals surface area contributed by atoms with Crippen molar-refractivity contribution >= 4 is 5.82 Å². The van der Waals surface area contributed by atoms with E-state index in [1.165, 1.54) is 12.1 Å². The number of benzene rings is 1. The molecule has 2 N–H and O–H groups in total. The van der Waals surface area contributed by atoms with E-state index in [4.69, 9.17) is 0 Å². The van der Waals surface area contributed by atoms with E-state index in [0.29, 0.717) is 0 Å². The lowest BCUT2D eigenvalue weighted by molar-refractivity contribution is 0.628. The Morgan fingerprint density at radius 2 is 1.78 bits per heavy atom. The van der Waals surface area contributed by atoms with Crippen LogP contribution in [0.2, 0.25) is 0 Å². The van der Waals surface area contributed by atoms with E-state index in [-0.39, 0.29) is 5.82 Å². The van der Waals surface area contributed by atoms with Gasteiger partial charge in [-0.1, -0.05) is 0 Å². The van der Waals surface area contributed by atoms with Crippen LogP contribution in [0, 0.1) is 5.82 Å². The lowest BCUT2D eigenvalue weighted by Crippen LogP contribution is -2.18. The molecule has 0 saturated carbocycles. The minimum Gasteiger partial charge on any atom is -0.367 e. The zero-order chi connectivity index (χ0) is 12.8. The maximum atomic E-state index is 12.8. The van der Waals surface area contributed by atoms with Crippen molar-refractivity contribution in [2.45, 2.75) is 0 Å². The standard InChI is InChI=1S/C13H15FN4/c1-15-8-9-16-13-7-6-12(17-18-13)10-2-4-11(14)5-3-10/h2-7,15H,8-9H2,1H3,(H,16,18). The summed E-state index contributed by atoms with van der Waals surface area (Å²) in [4.78, 5) is 0. The van der Waals surface area contributed by atoms with Crippen molar-refractivity contribution in [2.24, 2.45) is 0 Å². The van der Waals surface area contributed by atoms with Gasteiger partial charge in [-0.15, -0.1) is 10.2 Å². The quantitative estimate of drug-likeness (QED) is 0.791. The average molecular weight is 246 g/mol. The number of hydrogen-bond acceptors (Lipinski definition) is 4. The molecule has 0 unspecified atom stereocenters. The van der Waals surface area contributed by atoms with Crippen molar-refractivity contribution in [1.82, 2.24) is 15.5 Å². The zero-order valence-corrected chi connectivity index (χ0v) is 10.2. The summed E-state index contributed by atoms with van der Waals surface area (Å²) in [7, 11) is 1.89. The number of anilines is 1. The largest absolute Gasteiger partial charge is 0.367 e. The molecule has 0 aliphatic carbocycles. The van der Waals surface area contributed by atoms with Crippen molar-refractivity contribution in [3.8, 4) is 11.3 Å². The topological polar surface area (TPSA) is 49.8 Å². The highest BCUT2D eigenvalue weighted by atomic mass is 19.1. The average Bonchev–Trinajstić information content (AvgIpc) is 2.41. The second-order valence-corrected chi connectivity index (χ2v) is 3.84. The molecule has 0 amide bonds. The number of likely N-dealkylation sites (N-methyl/N-ethyl adjacent to an activating group) is 1. The Morgan fingerprint density at radius 3 is 2.39 bits per heavy atom. The van der Waals surface area contributed by atoms with E-state index in [9.17, 15) is 4.39 Å². The molecular weight excluding hydrogens is 231 g/mol. The Labute approximate surface area is 105 Å². The Kier molecular flexibility index (Phi) is 4.20. The third-order valence-electron chi connectivity index (χ3n) is 2.49. The van der Waals surface area contributed by atoms with Crippen LogP contribution in [-0.4, -0.2) is 30.3 Å². The van der Waals surface area contributed by atoms with Gasteiger partial charge < -0.3 is 10.6 Å². The van der Waals surface area contributed by atoms with Gasteiger partial charge in [0.1, 0.15) is 11.6 Å². The SMILES string of the molecule is CNCCNc1ccc(-c2ccc(F)cc2)nn1. The summed E-state index contributed by atoms with van der Waals surface area (Å²) >= 11 is 0. The molecule has 1 aromatic carbocycles. The number of hydrogen-bond donors (Lipinski definition) is 2. The van der Waals surface area contributed by atoms with E-state index in [2.05, 4.69) is 20.8 Å². The first-order valence-electron chi connectivity index (χ1n) is 5.78. The first-order chi connectivity index (χ1) is 8.79. The van der Waals surface area contributed by atoms with Gasteiger partial charge in [0.15, 0.2) is 0 Å². The number of rotatable bonds is 5. The van der Waals surface area contributed by atoms with Crippen LogP contribution in [0.4, 0.5) is 10.2 Å². The molecule has 0 aliphatic rings. The van der Waals surface area contributed by atoms with Crippen molar-refractivity contribution < 1.29 is 4.39 Å². The Morgan fingerprint density at radius 1 is 1.00 bits per heavy atom. The summed E-state index contributed by atoms with van der Waals surface area (Å²) in [5.74, 6) is 0.480. The van der Waals surface area contributed by atoms with Gasteiger partial charge in [0.25, 0.3) is 0 Å². The lowest BCUT2D eigenvalue weighted by Gasteiger charge is -2.05.